The number of nitrogens with zero attached hydrogens (tertiary/aromatic N) is 2. The van der Waals surface area contributed by atoms with Gasteiger partial charge < -0.3 is 37.5 Å². The number of nitriles is 1. The third-order valence-electron chi connectivity index (χ3n) is 11.3. The molecule has 4 aromatic carbocycles. The van der Waals surface area contributed by atoms with Crippen LogP contribution in [0.3, 0.4) is 0 Å². The van der Waals surface area contributed by atoms with E-state index in [0.29, 0.717) is 31.8 Å². The van der Waals surface area contributed by atoms with Crippen molar-refractivity contribution in [2.75, 3.05) is 40.6 Å². The highest BCUT2D eigenvalue weighted by Crippen LogP contribution is 2.46. The third kappa shape index (κ3) is 12.6. The Hall–Kier alpha value is -4.37. The van der Waals surface area contributed by atoms with Gasteiger partial charge in [-0.25, -0.2) is 9.46 Å². The van der Waals surface area contributed by atoms with E-state index in [4.69, 9.17) is 42.7 Å². The first-order chi connectivity index (χ1) is 30.0. The molecule has 0 aliphatic carbocycles. The largest absolute Gasteiger partial charge is 0.497 e. The molecule has 4 aromatic rings. The van der Waals surface area contributed by atoms with Crippen LogP contribution in [0.1, 0.15) is 94.3 Å². The number of rotatable bonds is 24. The summed E-state index contributed by atoms with van der Waals surface area (Å²) >= 11 is 0. The van der Waals surface area contributed by atoms with E-state index < -0.39 is 38.6 Å². The fourth-order valence-corrected chi connectivity index (χ4v) is 9.48. The van der Waals surface area contributed by atoms with Crippen LogP contribution < -0.4 is 9.47 Å². The van der Waals surface area contributed by atoms with Gasteiger partial charge in [-0.2, -0.15) is 5.26 Å². The maximum absolute atomic E-state index is 13.7. The minimum Gasteiger partial charge on any atom is -0.497 e. The highest BCUT2D eigenvalue weighted by atomic mass is 31.2. The van der Waals surface area contributed by atoms with E-state index in [2.05, 4.69) is 64.4 Å². The van der Waals surface area contributed by atoms with Crippen LogP contribution in [-0.4, -0.2) is 81.9 Å². The molecule has 1 heterocycles. The molecular formula is C50H65N2O9P. The smallest absolute Gasteiger partial charge is 0.338 e. The molecule has 0 amide bonds. The summed E-state index contributed by atoms with van der Waals surface area (Å²) in [6.07, 6.45) is 0.947. The zero-order chi connectivity index (χ0) is 44.5. The molecule has 0 N–H and O–H groups in total. The number of carbonyl (C=O) groups excluding carboxylic acids is 1. The number of benzene rings is 4. The van der Waals surface area contributed by atoms with Crippen molar-refractivity contribution >= 4 is 14.5 Å². The van der Waals surface area contributed by atoms with Crippen LogP contribution in [0.15, 0.2) is 109 Å². The molecular weight excluding hydrogens is 804 g/mol. The minimum atomic E-state index is -1.28. The summed E-state index contributed by atoms with van der Waals surface area (Å²) in [6, 6.07) is 37.5. The van der Waals surface area contributed by atoms with Crippen LogP contribution in [0.5, 0.6) is 11.5 Å². The van der Waals surface area contributed by atoms with Crippen molar-refractivity contribution in [1.82, 2.24) is 4.67 Å². The Morgan fingerprint density at radius 2 is 1.26 bits per heavy atom. The first kappa shape index (κ1) is 48.7. The Bertz CT molecular complexity index is 1890. The van der Waals surface area contributed by atoms with E-state index in [1.165, 1.54) is 0 Å². The lowest BCUT2D eigenvalue weighted by atomic mass is 9.79. The lowest BCUT2D eigenvalue weighted by Gasteiger charge is -2.45. The number of esters is 1. The molecule has 0 radical (unpaired) electrons. The second kappa shape index (κ2) is 24.5. The Balaban J connectivity index is 1.36. The SMILES string of the molecule is COc1ccc(C(OCC2OC(OCCCCCOP(OCCC#N)N(C(C)C)C(C)C)C(C)C(C)C2OC(=O)c2ccccc2)(c2ccccc2)c2ccc(OC)cc2)cc1. The number of ether oxygens (including phenoxy) is 6. The fraction of sp³-hybridized carbons (Fsp3) is 0.480. The lowest BCUT2D eigenvalue weighted by Crippen LogP contribution is -2.54. The maximum atomic E-state index is 13.7. The van der Waals surface area contributed by atoms with E-state index in [1.807, 2.05) is 84.9 Å². The Morgan fingerprint density at radius 1 is 0.726 bits per heavy atom. The standard InChI is InChI=1S/C50H65N2O9P/c1-36(2)52(37(3)4)62(59-34-18-31-51)58-33-17-11-16-32-56-49-39(6)38(5)47(61-48(53)40-19-12-9-13-20-40)46(60-49)35-57-50(41-21-14-10-15-22-41,42-23-27-44(54-7)28-24-42)43-25-29-45(55-8)30-26-43/h9-10,12-15,19-30,36-39,46-47,49H,11,16-18,32-35H2,1-8H3. The van der Waals surface area contributed by atoms with Crippen molar-refractivity contribution in [3.05, 3.63) is 131 Å². The van der Waals surface area contributed by atoms with E-state index in [1.54, 1.807) is 26.4 Å². The topological polar surface area (TPSA) is 118 Å². The molecule has 1 fully saturated rings. The van der Waals surface area contributed by atoms with Crippen molar-refractivity contribution in [3.63, 3.8) is 0 Å². The van der Waals surface area contributed by atoms with Gasteiger partial charge in [0, 0.05) is 30.5 Å². The Kier molecular flexibility index (Phi) is 19.2. The summed E-state index contributed by atoms with van der Waals surface area (Å²) in [5.74, 6) is 0.783. The minimum absolute atomic E-state index is 0.0666. The summed E-state index contributed by atoms with van der Waals surface area (Å²) in [7, 11) is 2.01. The van der Waals surface area contributed by atoms with Crippen molar-refractivity contribution in [3.8, 4) is 17.6 Å². The molecule has 12 heteroatoms. The van der Waals surface area contributed by atoms with E-state index >= 15 is 0 Å². The zero-order valence-electron chi connectivity index (χ0n) is 37.6. The second-order valence-corrected chi connectivity index (χ2v) is 17.6. The van der Waals surface area contributed by atoms with Crippen LogP contribution >= 0.6 is 8.53 Å². The summed E-state index contributed by atoms with van der Waals surface area (Å²) < 4.78 is 52.7. The summed E-state index contributed by atoms with van der Waals surface area (Å²) in [6.45, 7) is 14.1. The van der Waals surface area contributed by atoms with Crippen LogP contribution in [0.4, 0.5) is 0 Å². The second-order valence-electron chi connectivity index (χ2n) is 16.1. The molecule has 1 aliphatic heterocycles. The Labute approximate surface area is 370 Å². The number of carbonyl (C=O) groups is 1. The van der Waals surface area contributed by atoms with Crippen LogP contribution in [0.25, 0.3) is 0 Å². The molecule has 6 atom stereocenters. The summed E-state index contributed by atoms with van der Waals surface area (Å²) in [4.78, 5) is 13.7. The van der Waals surface area contributed by atoms with Gasteiger partial charge in [0.05, 0.1) is 52.1 Å². The third-order valence-corrected chi connectivity index (χ3v) is 13.4. The first-order valence-electron chi connectivity index (χ1n) is 21.8. The molecule has 5 rings (SSSR count). The van der Waals surface area contributed by atoms with Gasteiger partial charge in [-0.05, 0) is 100 Å². The first-order valence-corrected chi connectivity index (χ1v) is 22.9. The number of unbranched alkanes of at least 4 members (excludes halogenated alkanes) is 2. The fourth-order valence-electron chi connectivity index (χ4n) is 7.85. The van der Waals surface area contributed by atoms with Gasteiger partial charge in [-0.15, -0.1) is 0 Å². The highest BCUT2D eigenvalue weighted by Gasteiger charge is 2.47. The van der Waals surface area contributed by atoms with Gasteiger partial charge in [0.2, 0.25) is 0 Å². The van der Waals surface area contributed by atoms with Crippen molar-refractivity contribution in [2.45, 2.75) is 103 Å². The average Bonchev–Trinajstić information content (AvgIpc) is 3.29. The molecule has 1 aliphatic rings. The van der Waals surface area contributed by atoms with E-state index in [0.717, 1.165) is 47.5 Å². The van der Waals surface area contributed by atoms with E-state index in [-0.39, 0.29) is 30.5 Å². The predicted molar refractivity (Wildman–Crippen MR) is 242 cm³/mol. The maximum Gasteiger partial charge on any atom is 0.338 e. The number of hydrogen-bond acceptors (Lipinski definition) is 11. The van der Waals surface area contributed by atoms with E-state index in [9.17, 15) is 4.79 Å². The predicted octanol–water partition coefficient (Wildman–Crippen LogP) is 10.7. The van der Waals surface area contributed by atoms with Crippen molar-refractivity contribution < 1.29 is 42.3 Å². The van der Waals surface area contributed by atoms with Gasteiger partial charge in [0.15, 0.2) is 6.29 Å². The summed E-state index contributed by atoms with van der Waals surface area (Å²) in [5.41, 5.74) is 2.02. The zero-order valence-corrected chi connectivity index (χ0v) is 38.5. The Morgan fingerprint density at radius 3 is 1.81 bits per heavy atom. The van der Waals surface area contributed by atoms with Crippen molar-refractivity contribution in [1.29, 1.82) is 5.26 Å². The van der Waals surface area contributed by atoms with Gasteiger partial charge in [-0.3, -0.25) is 0 Å². The van der Waals surface area contributed by atoms with Crippen LogP contribution in [0, 0.1) is 23.2 Å². The molecule has 0 aromatic heterocycles. The monoisotopic (exact) mass is 868 g/mol. The van der Waals surface area contributed by atoms with Crippen LogP contribution in [0.2, 0.25) is 0 Å². The average molecular weight is 869 g/mol. The molecule has 6 unspecified atom stereocenters. The van der Waals surface area contributed by atoms with Gasteiger partial charge >= 0.3 is 5.97 Å². The lowest BCUT2D eigenvalue weighted by molar-refractivity contribution is -0.274. The molecule has 0 spiro atoms. The molecule has 0 saturated carbocycles. The van der Waals surface area contributed by atoms with Gasteiger partial charge in [0.25, 0.3) is 8.53 Å². The number of methoxy groups -OCH3 is 2. The normalized spacial score (nSPS) is 19.6. The molecule has 0 bridgehead atoms. The van der Waals surface area contributed by atoms with Crippen LogP contribution in [-0.2, 0) is 33.6 Å². The van der Waals surface area contributed by atoms with Gasteiger partial charge in [0.1, 0.15) is 29.3 Å². The quantitative estimate of drug-likeness (QED) is 0.0290. The summed E-state index contributed by atoms with van der Waals surface area (Å²) in [5, 5.41) is 9.05. The van der Waals surface area contributed by atoms with Crippen molar-refractivity contribution in [2.24, 2.45) is 11.8 Å². The van der Waals surface area contributed by atoms with Gasteiger partial charge in [-0.1, -0.05) is 86.6 Å². The highest BCUT2D eigenvalue weighted by molar-refractivity contribution is 7.44. The molecule has 1 saturated heterocycles. The molecule has 334 valence electrons. The molecule has 11 nitrogen and oxygen atoms in total. The number of hydrogen-bond donors (Lipinski definition) is 0. The molecule has 62 heavy (non-hydrogen) atoms.